The van der Waals surface area contributed by atoms with Gasteiger partial charge in [-0.05, 0) is 95.5 Å². The first-order valence-electron chi connectivity index (χ1n) is 24.4. The lowest BCUT2D eigenvalue weighted by Crippen LogP contribution is -2.57. The predicted molar refractivity (Wildman–Crippen MR) is 280 cm³/mol. The van der Waals surface area contributed by atoms with Crippen LogP contribution in [0.4, 0.5) is 4.79 Å². The number of fused-ring (bicyclic) bond motifs is 1. The summed E-state index contributed by atoms with van der Waals surface area (Å²) in [7, 11) is 0. The van der Waals surface area contributed by atoms with Gasteiger partial charge in [0.05, 0.1) is 11.6 Å². The van der Waals surface area contributed by atoms with Crippen LogP contribution in [-0.2, 0) is 50.2 Å². The Kier molecular flexibility index (Phi) is 19.6. The quantitative estimate of drug-likeness (QED) is 0.0142. The Morgan fingerprint density at radius 2 is 1.12 bits per heavy atom. The Labute approximate surface area is 431 Å². The smallest absolute Gasteiger partial charge is 0.419 e. The van der Waals surface area contributed by atoms with Crippen molar-refractivity contribution >= 4 is 58.5 Å². The fourth-order valence-corrected chi connectivity index (χ4v) is 8.28. The highest BCUT2D eigenvalue weighted by atomic mass is 16.6. The number of carboxylic acids is 1. The number of hydrogen-bond acceptors (Lipinski definition) is 11. The molecule has 1 aromatic heterocycles. The molecule has 0 aliphatic carbocycles. The van der Waals surface area contributed by atoms with E-state index in [-0.39, 0.29) is 57.5 Å². The number of carbonyl (C=O) groups excluding carboxylic acids is 6. The number of carbonyl (C=O) groups is 7. The van der Waals surface area contributed by atoms with Crippen LogP contribution in [-0.4, -0.2) is 99.2 Å². The van der Waals surface area contributed by atoms with E-state index < -0.39 is 82.6 Å². The zero-order chi connectivity index (χ0) is 54.2. The highest BCUT2D eigenvalue weighted by molar-refractivity contribution is 5.96. The minimum Gasteiger partial charge on any atom is -0.480 e. The number of carboxylic acid groups (broad SMARTS) is 1. The van der Waals surface area contributed by atoms with Gasteiger partial charge < -0.3 is 53.0 Å². The Morgan fingerprint density at radius 3 is 1.65 bits per heavy atom. The second-order valence-electron chi connectivity index (χ2n) is 19.9. The summed E-state index contributed by atoms with van der Waals surface area (Å²) in [5.41, 5.74) is 17.7. The minimum absolute atomic E-state index is 0.0785. The first kappa shape index (κ1) is 56.8. The van der Waals surface area contributed by atoms with E-state index in [1.165, 1.54) is 10.8 Å². The fraction of sp³-hybridized carbons (Fsp3) is 0.382. The summed E-state index contributed by atoms with van der Waals surface area (Å²) in [6.45, 7) is 10.2. The molecule has 74 heavy (non-hydrogen) atoms. The summed E-state index contributed by atoms with van der Waals surface area (Å²) in [6, 6.07) is 29.5. The molecule has 0 radical (unpaired) electrons. The Bertz CT molecular complexity index is 2670. The molecule has 1 heterocycles. The van der Waals surface area contributed by atoms with Crippen LogP contribution in [0.25, 0.3) is 10.9 Å². The first-order chi connectivity index (χ1) is 35.0. The summed E-state index contributed by atoms with van der Waals surface area (Å²) in [6.07, 6.45) is -0.491. The number of ether oxygens (including phenoxy) is 2. The van der Waals surface area contributed by atoms with Crippen LogP contribution in [0.2, 0.25) is 0 Å². The molecule has 0 fully saturated rings. The zero-order valence-electron chi connectivity index (χ0n) is 42.8. The molecule has 4 aromatic carbocycles. The van der Waals surface area contributed by atoms with E-state index in [1.54, 1.807) is 65.8 Å². The standard InChI is InChI=1S/C55H69N9O10/c1-53(2,3)73-46(66)31-29-41(48(68)61-42(50(70)71)26-18-32-59-51(57)58)60-49(69)43(33-35-34-64(52(72)74-54(4,5)6)44-27-17-16-25-39(35)44)62-47(67)40(56)28-30-45(65)63-55(36-19-10-7-11-20-36,37-21-12-8-13-22-37)38-23-14-9-15-24-38/h7-17,19-25,27,34,40-43H,18,26,28-33,56H2,1-6H3,(H,60,69)(H,61,68)(H,62,67)(H,63,65)(H,70,71)(H4,57,58,59)/t40-,41-,42-,43-/m0/s1. The lowest BCUT2D eigenvalue weighted by molar-refractivity contribution is -0.155. The Hall–Kier alpha value is -8.06. The molecule has 19 heteroatoms. The van der Waals surface area contributed by atoms with Crippen molar-refractivity contribution in [3.63, 3.8) is 0 Å². The lowest BCUT2D eigenvalue weighted by atomic mass is 9.77. The molecule has 0 unspecified atom stereocenters. The zero-order valence-corrected chi connectivity index (χ0v) is 42.8. The van der Waals surface area contributed by atoms with Gasteiger partial charge in [0.15, 0.2) is 5.96 Å². The fourth-order valence-electron chi connectivity index (χ4n) is 8.28. The van der Waals surface area contributed by atoms with E-state index in [0.29, 0.717) is 16.5 Å². The van der Waals surface area contributed by atoms with Gasteiger partial charge in [0, 0.05) is 37.4 Å². The number of nitrogens with one attached hydrogen (secondary N) is 4. The second kappa shape index (κ2) is 25.5. The number of esters is 1. The molecule has 0 saturated heterocycles. The topological polar surface area (TPSA) is 302 Å². The van der Waals surface area contributed by atoms with Crippen LogP contribution < -0.4 is 38.5 Å². The molecule has 5 aromatic rings. The van der Waals surface area contributed by atoms with Crippen LogP contribution >= 0.6 is 0 Å². The van der Waals surface area contributed by atoms with E-state index in [0.717, 1.165) is 16.7 Å². The molecule has 4 atom stereocenters. The Balaban J connectivity index is 1.45. The van der Waals surface area contributed by atoms with E-state index in [4.69, 9.17) is 26.7 Å². The Morgan fingerprint density at radius 1 is 0.622 bits per heavy atom. The molecule has 0 aliphatic rings. The third kappa shape index (κ3) is 16.2. The molecule has 5 rings (SSSR count). The number of aliphatic imine (C=N–C) groups is 1. The van der Waals surface area contributed by atoms with E-state index in [2.05, 4.69) is 26.3 Å². The number of amides is 4. The normalized spacial score (nSPS) is 13.3. The SMILES string of the molecule is CC(C)(C)OC(=O)CC[C@H](NC(=O)[C@H](Cc1cn(C(=O)OC(C)(C)C)c2ccccc12)NC(=O)[C@@H](N)CCC(=O)NC(c1ccccc1)(c1ccccc1)c1ccccc1)C(=O)N[C@@H](CCCN=C(N)N)C(=O)O. The largest absolute Gasteiger partial charge is 0.480 e. The van der Waals surface area contributed by atoms with Crippen molar-refractivity contribution in [2.75, 3.05) is 6.54 Å². The highest BCUT2D eigenvalue weighted by Gasteiger charge is 2.38. The number of hydrogen-bond donors (Lipinski definition) is 8. The number of aliphatic carboxylic acids is 1. The molecular weight excluding hydrogens is 947 g/mol. The maximum absolute atomic E-state index is 14.7. The number of aromatic nitrogens is 1. The molecule has 0 bridgehead atoms. The molecule has 394 valence electrons. The number of rotatable bonds is 23. The van der Waals surface area contributed by atoms with Crippen LogP contribution in [0.1, 0.15) is 102 Å². The van der Waals surface area contributed by atoms with E-state index in [9.17, 15) is 38.7 Å². The minimum atomic E-state index is -1.53. The number of guanidine groups is 1. The van der Waals surface area contributed by atoms with Gasteiger partial charge in [-0.2, -0.15) is 0 Å². The lowest BCUT2D eigenvalue weighted by Gasteiger charge is -2.37. The average Bonchev–Trinajstić information content (AvgIpc) is 3.72. The highest BCUT2D eigenvalue weighted by Crippen LogP contribution is 2.37. The summed E-state index contributed by atoms with van der Waals surface area (Å²) in [4.78, 5) is 99.8. The molecule has 19 nitrogen and oxygen atoms in total. The van der Waals surface area contributed by atoms with Gasteiger partial charge in [-0.1, -0.05) is 109 Å². The molecule has 4 amide bonds. The van der Waals surface area contributed by atoms with Crippen molar-refractivity contribution in [1.29, 1.82) is 0 Å². The summed E-state index contributed by atoms with van der Waals surface area (Å²) in [5, 5.41) is 21.6. The van der Waals surface area contributed by atoms with E-state index in [1.807, 2.05) is 91.0 Å². The van der Waals surface area contributed by atoms with Crippen LogP contribution in [0.5, 0.6) is 0 Å². The average molecular weight is 1020 g/mol. The van der Waals surface area contributed by atoms with Crippen molar-refractivity contribution in [3.05, 3.63) is 144 Å². The molecular formula is C55H69N9O10. The molecule has 0 spiro atoms. The van der Waals surface area contributed by atoms with E-state index >= 15 is 0 Å². The summed E-state index contributed by atoms with van der Waals surface area (Å²) < 4.78 is 12.4. The molecule has 0 saturated carbocycles. The van der Waals surface area contributed by atoms with Gasteiger partial charge in [-0.25, -0.2) is 9.59 Å². The van der Waals surface area contributed by atoms with Gasteiger partial charge in [-0.15, -0.1) is 0 Å². The van der Waals surface area contributed by atoms with Crippen molar-refractivity contribution in [2.24, 2.45) is 22.2 Å². The number of benzene rings is 4. The number of nitrogens with zero attached hydrogens (tertiary/aromatic N) is 2. The van der Waals surface area contributed by atoms with Crippen molar-refractivity contribution in [1.82, 2.24) is 25.8 Å². The maximum Gasteiger partial charge on any atom is 0.419 e. The third-order valence-corrected chi connectivity index (χ3v) is 11.7. The summed E-state index contributed by atoms with van der Waals surface area (Å²) >= 11 is 0. The van der Waals surface area contributed by atoms with Gasteiger partial charge >= 0.3 is 18.0 Å². The van der Waals surface area contributed by atoms with Crippen molar-refractivity contribution < 1.29 is 48.1 Å². The van der Waals surface area contributed by atoms with Crippen molar-refractivity contribution in [3.8, 4) is 0 Å². The first-order valence-corrected chi connectivity index (χ1v) is 24.4. The maximum atomic E-state index is 14.7. The van der Waals surface area contributed by atoms with Crippen LogP contribution in [0.15, 0.2) is 126 Å². The van der Waals surface area contributed by atoms with Gasteiger partial charge in [-0.3, -0.25) is 33.5 Å². The van der Waals surface area contributed by atoms with Gasteiger partial charge in [0.25, 0.3) is 0 Å². The summed E-state index contributed by atoms with van der Waals surface area (Å²) in [5.74, 6) is -5.37. The van der Waals surface area contributed by atoms with Gasteiger partial charge in [0.2, 0.25) is 23.6 Å². The number of para-hydroxylation sites is 1. The monoisotopic (exact) mass is 1020 g/mol. The van der Waals surface area contributed by atoms with Crippen molar-refractivity contribution in [2.45, 2.75) is 127 Å². The predicted octanol–water partition coefficient (Wildman–Crippen LogP) is 4.90. The van der Waals surface area contributed by atoms with Crippen LogP contribution in [0, 0.1) is 0 Å². The second-order valence-corrected chi connectivity index (χ2v) is 19.9. The van der Waals surface area contributed by atoms with Crippen LogP contribution in [0.3, 0.4) is 0 Å². The third-order valence-electron chi connectivity index (χ3n) is 11.7. The molecule has 0 aliphatic heterocycles. The number of nitrogens with two attached hydrogens (primary N) is 3. The van der Waals surface area contributed by atoms with Gasteiger partial charge in [0.1, 0.15) is 34.9 Å². The molecule has 11 N–H and O–H groups in total.